The maximum absolute atomic E-state index is 12.0. The molecule has 142 valence electrons. The first-order valence-corrected chi connectivity index (χ1v) is 9.38. The molecule has 1 aliphatic carbocycles. The first-order valence-electron chi connectivity index (χ1n) is 9.38. The Morgan fingerprint density at radius 2 is 2.04 bits per heavy atom. The Balaban J connectivity index is 1.77. The van der Waals surface area contributed by atoms with Crippen LogP contribution in [-0.4, -0.2) is 21.1 Å². The number of rotatable bonds is 3. The number of benzene rings is 1. The highest BCUT2D eigenvalue weighted by atomic mass is 16.2. The smallest absolute Gasteiger partial charge is 0.228 e. The molecule has 28 heavy (non-hydrogen) atoms. The third kappa shape index (κ3) is 3.84. The number of hydrogen-bond donors (Lipinski definition) is 3. The van der Waals surface area contributed by atoms with E-state index < -0.39 is 0 Å². The van der Waals surface area contributed by atoms with E-state index in [2.05, 4.69) is 53.1 Å². The maximum atomic E-state index is 12.0. The van der Waals surface area contributed by atoms with Crippen molar-refractivity contribution < 1.29 is 4.79 Å². The number of carbonyl (C=O) groups excluding carboxylic acids is 1. The van der Waals surface area contributed by atoms with Gasteiger partial charge in [-0.1, -0.05) is 11.8 Å². The molecule has 0 saturated heterocycles. The predicted octanol–water partition coefficient (Wildman–Crippen LogP) is 3.95. The van der Waals surface area contributed by atoms with Gasteiger partial charge in [0.25, 0.3) is 0 Å². The first-order chi connectivity index (χ1) is 13.3. The van der Waals surface area contributed by atoms with Crippen molar-refractivity contribution in [2.45, 2.75) is 33.6 Å². The highest BCUT2D eigenvalue weighted by molar-refractivity contribution is 5.97. The van der Waals surface area contributed by atoms with Gasteiger partial charge in [-0.3, -0.25) is 9.89 Å². The fraction of sp³-hybridized carbons (Fsp3) is 0.318. The zero-order valence-electron chi connectivity index (χ0n) is 16.3. The van der Waals surface area contributed by atoms with E-state index in [1.807, 2.05) is 24.3 Å². The van der Waals surface area contributed by atoms with Crippen molar-refractivity contribution >= 4 is 28.4 Å². The second-order valence-corrected chi connectivity index (χ2v) is 8.25. The molecule has 1 aromatic carbocycles. The lowest BCUT2D eigenvalue weighted by atomic mass is 9.96. The monoisotopic (exact) mass is 373 g/mol. The van der Waals surface area contributed by atoms with Gasteiger partial charge in [0.15, 0.2) is 5.82 Å². The number of H-pyrrole nitrogens is 1. The average Bonchev–Trinajstić information content (AvgIpc) is 3.43. The number of amides is 1. The van der Waals surface area contributed by atoms with Crippen LogP contribution in [0.15, 0.2) is 30.5 Å². The minimum absolute atomic E-state index is 0.0379. The molecule has 1 fully saturated rings. The largest absolute Gasteiger partial charge is 0.382 e. The molecule has 0 radical (unpaired) electrons. The molecule has 4 N–H and O–H groups in total. The molecule has 2 heterocycles. The Morgan fingerprint density at radius 3 is 2.75 bits per heavy atom. The van der Waals surface area contributed by atoms with Crippen LogP contribution in [0.2, 0.25) is 0 Å². The number of nitrogen functional groups attached to an aromatic ring is 1. The number of pyridine rings is 1. The van der Waals surface area contributed by atoms with Crippen molar-refractivity contribution in [3.8, 4) is 23.0 Å². The highest BCUT2D eigenvalue weighted by Crippen LogP contribution is 2.32. The summed E-state index contributed by atoms with van der Waals surface area (Å²) in [6.07, 6.45) is 3.61. The summed E-state index contributed by atoms with van der Waals surface area (Å²) in [6.45, 7) is 6.21. The highest BCUT2D eigenvalue weighted by Gasteiger charge is 2.29. The number of nitrogens with zero attached hydrogens (tertiary/aromatic N) is 2. The summed E-state index contributed by atoms with van der Waals surface area (Å²) in [4.78, 5) is 16.3. The fourth-order valence-corrected chi connectivity index (χ4v) is 2.91. The fourth-order valence-electron chi connectivity index (χ4n) is 2.91. The Morgan fingerprint density at radius 1 is 1.25 bits per heavy atom. The summed E-state index contributed by atoms with van der Waals surface area (Å²) < 4.78 is 0. The molecule has 3 aromatic rings. The number of anilines is 2. The SMILES string of the molecule is CC(C)(C)C#Cc1cc(-c2ccnc(NC(=O)C3CC3)c2)cc2c(N)n[nH]c12. The summed E-state index contributed by atoms with van der Waals surface area (Å²) in [5.41, 5.74) is 9.48. The van der Waals surface area contributed by atoms with Gasteiger partial charge in [-0.2, -0.15) is 5.10 Å². The molecular weight excluding hydrogens is 350 g/mol. The second kappa shape index (κ2) is 6.68. The van der Waals surface area contributed by atoms with E-state index in [1.54, 1.807) is 6.20 Å². The molecular formula is C22H23N5O. The lowest BCUT2D eigenvalue weighted by molar-refractivity contribution is -0.117. The van der Waals surface area contributed by atoms with Gasteiger partial charge in [-0.05, 0) is 69.0 Å². The van der Waals surface area contributed by atoms with E-state index in [1.165, 1.54) is 0 Å². The Labute approximate surface area is 163 Å². The van der Waals surface area contributed by atoms with E-state index in [9.17, 15) is 4.79 Å². The van der Waals surface area contributed by atoms with Gasteiger partial charge >= 0.3 is 0 Å². The molecule has 6 nitrogen and oxygen atoms in total. The van der Waals surface area contributed by atoms with Crippen LogP contribution in [0.5, 0.6) is 0 Å². The van der Waals surface area contributed by atoms with E-state index >= 15 is 0 Å². The van der Waals surface area contributed by atoms with Crippen molar-refractivity contribution in [1.82, 2.24) is 15.2 Å². The van der Waals surface area contributed by atoms with Crippen molar-refractivity contribution in [1.29, 1.82) is 0 Å². The zero-order chi connectivity index (χ0) is 19.9. The molecule has 0 unspecified atom stereocenters. The molecule has 4 rings (SSSR count). The lowest BCUT2D eigenvalue weighted by Crippen LogP contribution is -2.14. The Bertz CT molecular complexity index is 1120. The van der Waals surface area contributed by atoms with Crippen LogP contribution in [0.1, 0.15) is 39.2 Å². The summed E-state index contributed by atoms with van der Waals surface area (Å²) in [6, 6.07) is 7.78. The Kier molecular flexibility index (Phi) is 4.31. The molecule has 6 heteroatoms. The van der Waals surface area contributed by atoms with Crippen molar-refractivity contribution in [3.05, 3.63) is 36.0 Å². The number of aromatic nitrogens is 3. The average molecular weight is 373 g/mol. The maximum Gasteiger partial charge on any atom is 0.228 e. The summed E-state index contributed by atoms with van der Waals surface area (Å²) in [5.74, 6) is 7.69. The van der Waals surface area contributed by atoms with Crippen molar-refractivity contribution in [2.24, 2.45) is 11.3 Å². The normalized spacial score (nSPS) is 13.8. The molecule has 0 spiro atoms. The minimum Gasteiger partial charge on any atom is -0.382 e. The van der Waals surface area contributed by atoms with Gasteiger partial charge in [-0.15, -0.1) is 0 Å². The van der Waals surface area contributed by atoms with E-state index in [-0.39, 0.29) is 17.2 Å². The quantitative estimate of drug-likeness (QED) is 0.606. The number of nitrogens with two attached hydrogens (primary N) is 1. The lowest BCUT2D eigenvalue weighted by Gasteiger charge is -2.09. The topological polar surface area (TPSA) is 96.7 Å². The summed E-state index contributed by atoms with van der Waals surface area (Å²) in [7, 11) is 0. The van der Waals surface area contributed by atoms with Crippen LogP contribution in [0.4, 0.5) is 11.6 Å². The standard InChI is InChI=1S/C22H23N5O/c1-22(2,3)8-6-15-10-16(11-17-19(15)26-27-20(17)23)14-7-9-24-18(12-14)25-21(28)13-4-5-13/h7,9-13H,4-5H2,1-3H3,(H3,23,26,27)(H,24,25,28). The van der Waals surface area contributed by atoms with Crippen LogP contribution in [0.25, 0.3) is 22.0 Å². The molecule has 0 aliphatic heterocycles. The van der Waals surface area contributed by atoms with Gasteiger partial charge in [0.2, 0.25) is 5.91 Å². The second-order valence-electron chi connectivity index (χ2n) is 8.25. The summed E-state index contributed by atoms with van der Waals surface area (Å²) in [5, 5.41) is 10.8. The van der Waals surface area contributed by atoms with Gasteiger partial charge in [0.05, 0.1) is 11.1 Å². The van der Waals surface area contributed by atoms with Crippen LogP contribution >= 0.6 is 0 Å². The first kappa shape index (κ1) is 18.1. The van der Waals surface area contributed by atoms with Crippen LogP contribution in [0, 0.1) is 23.2 Å². The van der Waals surface area contributed by atoms with Crippen molar-refractivity contribution in [2.75, 3.05) is 11.1 Å². The Hall–Kier alpha value is -3.33. The molecule has 1 saturated carbocycles. The number of carbonyl (C=O) groups is 1. The van der Waals surface area contributed by atoms with Crippen LogP contribution in [0.3, 0.4) is 0 Å². The van der Waals surface area contributed by atoms with Crippen LogP contribution < -0.4 is 11.1 Å². The molecule has 0 atom stereocenters. The number of fused-ring (bicyclic) bond motifs is 1. The van der Waals surface area contributed by atoms with Gasteiger partial charge in [-0.25, -0.2) is 4.98 Å². The molecule has 1 amide bonds. The third-order valence-electron chi connectivity index (χ3n) is 4.57. The van der Waals surface area contributed by atoms with Crippen molar-refractivity contribution in [3.63, 3.8) is 0 Å². The van der Waals surface area contributed by atoms with Gasteiger partial charge < -0.3 is 11.1 Å². The van der Waals surface area contributed by atoms with Crippen LogP contribution in [-0.2, 0) is 4.79 Å². The van der Waals surface area contributed by atoms with Gasteiger partial charge in [0.1, 0.15) is 5.82 Å². The number of aromatic amines is 1. The molecule has 2 aromatic heterocycles. The molecule has 1 aliphatic rings. The number of nitrogens with one attached hydrogen (secondary N) is 2. The molecule has 0 bridgehead atoms. The number of hydrogen-bond acceptors (Lipinski definition) is 4. The predicted molar refractivity (Wildman–Crippen MR) is 111 cm³/mol. The minimum atomic E-state index is -0.120. The van der Waals surface area contributed by atoms with Gasteiger partial charge in [0, 0.05) is 22.9 Å². The third-order valence-corrected chi connectivity index (χ3v) is 4.57. The zero-order valence-corrected chi connectivity index (χ0v) is 16.3. The van der Waals surface area contributed by atoms with E-state index in [4.69, 9.17) is 5.73 Å². The summed E-state index contributed by atoms with van der Waals surface area (Å²) >= 11 is 0. The van der Waals surface area contributed by atoms with E-state index in [0.717, 1.165) is 40.4 Å². The van der Waals surface area contributed by atoms with E-state index in [0.29, 0.717) is 11.6 Å².